The summed E-state index contributed by atoms with van der Waals surface area (Å²) < 4.78 is 1.11. The summed E-state index contributed by atoms with van der Waals surface area (Å²) in [6.45, 7) is 3.51. The molecule has 0 atom stereocenters. The highest BCUT2D eigenvalue weighted by molar-refractivity contribution is 8.17. The van der Waals surface area contributed by atoms with Crippen molar-refractivity contribution in [2.75, 3.05) is 12.3 Å². The fraction of sp³-hybridized carbons (Fsp3) is 0.238. The van der Waals surface area contributed by atoms with E-state index < -0.39 is 0 Å². The Morgan fingerprint density at radius 3 is 2.87 bits per heavy atom. The van der Waals surface area contributed by atoms with Gasteiger partial charge in [-0.2, -0.15) is 0 Å². The maximum atomic E-state index is 12.9. The van der Waals surface area contributed by atoms with E-state index in [-0.39, 0.29) is 24.7 Å². The fourth-order valence-corrected chi connectivity index (χ4v) is 4.58. The van der Waals surface area contributed by atoms with Gasteiger partial charge in [-0.05, 0) is 60.6 Å². The topological polar surface area (TPSA) is 109 Å². The highest BCUT2D eigenvalue weighted by atomic mass is 32.2. The Hall–Kier alpha value is -2.75. The highest BCUT2D eigenvalue weighted by Crippen LogP contribution is 2.31. The minimum absolute atomic E-state index is 0.140. The maximum absolute atomic E-state index is 12.9. The van der Waals surface area contributed by atoms with Crippen molar-refractivity contribution in [3.8, 4) is 0 Å². The van der Waals surface area contributed by atoms with Crippen molar-refractivity contribution in [3.63, 3.8) is 0 Å². The number of carbonyl (C=O) groups excluding carboxylic acids is 2. The van der Waals surface area contributed by atoms with Gasteiger partial charge in [0.1, 0.15) is 11.6 Å². The third-order valence-electron chi connectivity index (χ3n) is 4.56. The smallest absolute Gasteiger partial charge is 0.223 e. The first-order valence-corrected chi connectivity index (χ1v) is 10.9. The van der Waals surface area contributed by atoms with E-state index >= 15 is 0 Å². The number of anilines is 1. The van der Waals surface area contributed by atoms with Gasteiger partial charge in [0.05, 0.1) is 6.54 Å². The van der Waals surface area contributed by atoms with Gasteiger partial charge < -0.3 is 15.7 Å². The van der Waals surface area contributed by atoms with Crippen LogP contribution in [-0.4, -0.2) is 38.1 Å². The van der Waals surface area contributed by atoms with Crippen molar-refractivity contribution in [2.45, 2.75) is 26.8 Å². The predicted octanol–water partition coefficient (Wildman–Crippen LogP) is 3.73. The van der Waals surface area contributed by atoms with Crippen molar-refractivity contribution in [3.05, 3.63) is 63.4 Å². The standard InChI is InChI=1S/C21H22N4O3S2/c1-13(25(12-27)11-17-10-23-14(2)24-20(17)22)18(5-7-26)30-21(28)16-3-4-19-15(9-16)6-8-29-19/h3-4,6,8-10,12,26H,5,7,11H2,1-2H3,(H2,22,23,24)/b18-13-. The van der Waals surface area contributed by atoms with Gasteiger partial charge in [-0.15, -0.1) is 11.3 Å². The molecule has 0 saturated heterocycles. The van der Waals surface area contributed by atoms with Gasteiger partial charge in [0.15, 0.2) is 0 Å². The first kappa shape index (κ1) is 21.9. The SMILES string of the molecule is C/C(=C(\CCO)SC(=O)c1ccc2sccc2c1)N(C=O)Cc1cnc(C)nc1N. The van der Waals surface area contributed by atoms with Gasteiger partial charge in [0.25, 0.3) is 0 Å². The summed E-state index contributed by atoms with van der Waals surface area (Å²) in [6.07, 6.45) is 2.52. The molecule has 0 spiro atoms. The lowest BCUT2D eigenvalue weighted by Crippen LogP contribution is -2.22. The second-order valence-electron chi connectivity index (χ2n) is 6.61. The molecule has 1 amide bonds. The third kappa shape index (κ3) is 5.05. The number of thioether (sulfide) groups is 1. The average Bonchev–Trinajstić information content (AvgIpc) is 3.20. The largest absolute Gasteiger partial charge is 0.396 e. The molecule has 1 aromatic carbocycles. The summed E-state index contributed by atoms with van der Waals surface area (Å²) in [4.78, 5) is 34.9. The first-order chi connectivity index (χ1) is 14.4. The molecule has 2 heterocycles. The van der Waals surface area contributed by atoms with Crippen LogP contribution in [0.1, 0.15) is 35.1 Å². The van der Waals surface area contributed by atoms with Crippen LogP contribution < -0.4 is 5.73 Å². The van der Waals surface area contributed by atoms with Crippen LogP contribution in [-0.2, 0) is 11.3 Å². The molecule has 0 radical (unpaired) electrons. The van der Waals surface area contributed by atoms with Gasteiger partial charge >= 0.3 is 0 Å². The van der Waals surface area contributed by atoms with Gasteiger partial charge in [-0.1, -0.05) is 0 Å². The van der Waals surface area contributed by atoms with E-state index in [1.165, 1.54) is 4.90 Å². The van der Waals surface area contributed by atoms with Crippen molar-refractivity contribution < 1.29 is 14.7 Å². The number of nitrogens with zero attached hydrogens (tertiary/aromatic N) is 3. The highest BCUT2D eigenvalue weighted by Gasteiger charge is 2.18. The molecule has 7 nitrogen and oxygen atoms in total. The monoisotopic (exact) mass is 442 g/mol. The lowest BCUT2D eigenvalue weighted by Gasteiger charge is -2.22. The third-order valence-corrected chi connectivity index (χ3v) is 6.63. The van der Waals surface area contributed by atoms with Gasteiger partial charge in [-0.25, -0.2) is 9.97 Å². The molecule has 156 valence electrons. The maximum Gasteiger partial charge on any atom is 0.223 e. The number of hydrogen-bond donors (Lipinski definition) is 2. The van der Waals surface area contributed by atoms with Crippen LogP contribution in [0.25, 0.3) is 10.1 Å². The first-order valence-electron chi connectivity index (χ1n) is 9.23. The minimum atomic E-state index is -0.144. The van der Waals surface area contributed by atoms with Crippen LogP contribution in [0.2, 0.25) is 0 Å². The minimum Gasteiger partial charge on any atom is -0.396 e. The van der Waals surface area contributed by atoms with Gasteiger partial charge in [-0.3, -0.25) is 9.59 Å². The van der Waals surface area contributed by atoms with E-state index in [1.807, 2.05) is 23.6 Å². The van der Waals surface area contributed by atoms with E-state index in [0.717, 1.165) is 21.8 Å². The zero-order chi connectivity index (χ0) is 21.7. The number of fused-ring (bicyclic) bond motifs is 1. The molecule has 9 heteroatoms. The Morgan fingerprint density at radius 2 is 2.17 bits per heavy atom. The summed E-state index contributed by atoms with van der Waals surface area (Å²) in [5.41, 5.74) is 7.70. The van der Waals surface area contributed by atoms with Crippen molar-refractivity contribution in [1.29, 1.82) is 0 Å². The number of nitrogens with two attached hydrogens (primary N) is 1. The van der Waals surface area contributed by atoms with Gasteiger partial charge in [0.2, 0.25) is 11.5 Å². The molecule has 3 rings (SSSR count). The Labute approximate surface area is 182 Å². The number of aliphatic hydroxyl groups excluding tert-OH is 1. The molecular formula is C21H22N4O3S2. The zero-order valence-electron chi connectivity index (χ0n) is 16.7. The number of thiophene rings is 1. The van der Waals surface area contributed by atoms with Crippen molar-refractivity contribution in [2.24, 2.45) is 0 Å². The molecule has 30 heavy (non-hydrogen) atoms. The summed E-state index contributed by atoms with van der Waals surface area (Å²) >= 11 is 2.64. The van der Waals surface area contributed by atoms with Crippen LogP contribution in [0.4, 0.5) is 5.82 Å². The van der Waals surface area contributed by atoms with Crippen LogP contribution in [0.5, 0.6) is 0 Å². The molecule has 3 N–H and O–H groups in total. The number of carbonyl (C=O) groups is 2. The number of amides is 1. The van der Waals surface area contributed by atoms with Crippen LogP contribution in [0, 0.1) is 6.92 Å². The summed E-state index contributed by atoms with van der Waals surface area (Å²) in [7, 11) is 0. The van der Waals surface area contributed by atoms with E-state index in [1.54, 1.807) is 37.4 Å². The van der Waals surface area contributed by atoms with E-state index in [2.05, 4.69) is 9.97 Å². The predicted molar refractivity (Wildman–Crippen MR) is 121 cm³/mol. The van der Waals surface area contributed by atoms with Crippen LogP contribution >= 0.6 is 23.1 Å². The number of nitrogen functional groups attached to an aromatic ring is 1. The fourth-order valence-electron chi connectivity index (χ4n) is 2.88. The van der Waals surface area contributed by atoms with Crippen molar-refractivity contribution in [1.82, 2.24) is 14.9 Å². The molecule has 0 saturated carbocycles. The van der Waals surface area contributed by atoms with E-state index in [4.69, 9.17) is 5.73 Å². The molecule has 2 aromatic heterocycles. The second-order valence-corrected chi connectivity index (χ2v) is 8.62. The number of aliphatic hydroxyl groups is 1. The number of rotatable bonds is 8. The van der Waals surface area contributed by atoms with Crippen molar-refractivity contribution >= 4 is 50.5 Å². The summed E-state index contributed by atoms with van der Waals surface area (Å²) in [5.74, 6) is 0.851. The lowest BCUT2D eigenvalue weighted by molar-refractivity contribution is -0.116. The number of hydrogen-bond acceptors (Lipinski definition) is 8. The Kier molecular flexibility index (Phi) is 7.20. The molecule has 0 aliphatic heterocycles. The van der Waals surface area contributed by atoms with E-state index in [0.29, 0.717) is 39.8 Å². The number of allylic oxidation sites excluding steroid dienone is 1. The van der Waals surface area contributed by atoms with Gasteiger partial charge in [0, 0.05) is 45.7 Å². The normalized spacial score (nSPS) is 12.0. The van der Waals surface area contributed by atoms with Crippen LogP contribution in [0.15, 0.2) is 46.4 Å². The Morgan fingerprint density at radius 1 is 1.37 bits per heavy atom. The average molecular weight is 443 g/mol. The summed E-state index contributed by atoms with van der Waals surface area (Å²) in [5, 5.41) is 12.3. The Balaban J connectivity index is 1.85. The zero-order valence-corrected chi connectivity index (χ0v) is 18.3. The molecule has 0 unspecified atom stereocenters. The number of benzene rings is 1. The second kappa shape index (κ2) is 9.84. The Bertz CT molecular complexity index is 1110. The summed E-state index contributed by atoms with van der Waals surface area (Å²) in [6, 6.07) is 7.55. The van der Waals surface area contributed by atoms with Crippen LogP contribution in [0.3, 0.4) is 0 Å². The molecule has 0 aliphatic rings. The molecule has 0 fully saturated rings. The molecule has 3 aromatic rings. The van der Waals surface area contributed by atoms with E-state index in [9.17, 15) is 14.7 Å². The molecule has 0 aliphatic carbocycles. The molecular weight excluding hydrogens is 420 g/mol. The molecule has 0 bridgehead atoms. The number of aryl methyl sites for hydroxylation is 1. The quantitative estimate of drug-likeness (QED) is 0.512. The number of aromatic nitrogens is 2. The lowest BCUT2D eigenvalue weighted by atomic mass is 10.2.